The average Bonchev–Trinajstić information content (AvgIpc) is 3.29. The van der Waals surface area contributed by atoms with Crippen LogP contribution in [0.1, 0.15) is 27.0 Å². The fourth-order valence-corrected chi connectivity index (χ4v) is 3.59. The highest BCUT2D eigenvalue weighted by Gasteiger charge is 2.28. The van der Waals surface area contributed by atoms with Gasteiger partial charge in [-0.3, -0.25) is 4.79 Å². The Hall–Kier alpha value is -2.69. The molecule has 0 saturated carbocycles. The fraction of sp³-hybridized carbons (Fsp3) is 0.350. The van der Waals surface area contributed by atoms with Gasteiger partial charge in [0.2, 0.25) is 0 Å². The van der Waals surface area contributed by atoms with E-state index in [-0.39, 0.29) is 5.91 Å². The summed E-state index contributed by atoms with van der Waals surface area (Å²) in [6.07, 6.45) is 1.75. The normalized spacial score (nSPS) is 14.3. The molecule has 0 unspecified atom stereocenters. The van der Waals surface area contributed by atoms with E-state index in [0.29, 0.717) is 31.1 Å². The third-order valence-corrected chi connectivity index (χ3v) is 4.84. The molecule has 2 aromatic rings. The van der Waals surface area contributed by atoms with E-state index in [0.717, 1.165) is 29.9 Å². The van der Waals surface area contributed by atoms with Gasteiger partial charge in [0, 0.05) is 43.1 Å². The van der Waals surface area contributed by atoms with Gasteiger partial charge >= 0.3 is 0 Å². The Bertz CT molecular complexity index is 798. The summed E-state index contributed by atoms with van der Waals surface area (Å²) >= 11 is 0. The number of nitrogens with zero attached hydrogens (tertiary/aromatic N) is 1. The van der Waals surface area contributed by atoms with Crippen molar-refractivity contribution in [2.24, 2.45) is 0 Å². The summed E-state index contributed by atoms with van der Waals surface area (Å²) in [6.45, 7) is 1.87. The van der Waals surface area contributed by atoms with Crippen molar-refractivity contribution in [2.45, 2.75) is 19.4 Å². The van der Waals surface area contributed by atoms with Gasteiger partial charge < -0.3 is 19.1 Å². The van der Waals surface area contributed by atoms with Crippen LogP contribution in [-0.2, 0) is 19.4 Å². The first-order valence-corrected chi connectivity index (χ1v) is 8.50. The molecular weight excluding hydrogens is 318 g/mol. The number of hydrogen-bond acceptors (Lipinski definition) is 4. The zero-order valence-electron chi connectivity index (χ0n) is 14.5. The van der Waals surface area contributed by atoms with E-state index >= 15 is 0 Å². The maximum absolute atomic E-state index is 12.9. The highest BCUT2D eigenvalue weighted by Crippen LogP contribution is 2.41. The van der Waals surface area contributed by atoms with Crippen LogP contribution in [-0.4, -0.2) is 38.2 Å². The Morgan fingerprint density at radius 1 is 1.20 bits per heavy atom. The van der Waals surface area contributed by atoms with Crippen molar-refractivity contribution in [1.29, 1.82) is 0 Å². The topological polar surface area (TPSA) is 48.0 Å². The minimum absolute atomic E-state index is 0.0688. The lowest BCUT2D eigenvalue weighted by atomic mass is 9.99. The molecule has 0 atom stereocenters. The largest absolute Gasteiger partial charge is 0.496 e. The van der Waals surface area contributed by atoms with Gasteiger partial charge in [0.05, 0.1) is 25.9 Å². The first kappa shape index (κ1) is 15.8. The predicted molar refractivity (Wildman–Crippen MR) is 93.6 cm³/mol. The summed E-state index contributed by atoms with van der Waals surface area (Å²) in [6, 6.07) is 9.39. The van der Waals surface area contributed by atoms with Gasteiger partial charge in [0.1, 0.15) is 17.2 Å². The molecule has 0 spiro atoms. The van der Waals surface area contributed by atoms with Crippen molar-refractivity contribution in [3.05, 3.63) is 52.6 Å². The first-order chi connectivity index (χ1) is 12.2. The van der Waals surface area contributed by atoms with Gasteiger partial charge in [-0.1, -0.05) is 12.1 Å². The van der Waals surface area contributed by atoms with Crippen LogP contribution in [0.4, 0.5) is 0 Å². The Balaban J connectivity index is 1.66. The molecule has 2 heterocycles. The highest BCUT2D eigenvalue weighted by atomic mass is 16.5. The van der Waals surface area contributed by atoms with Crippen LogP contribution in [0.3, 0.4) is 0 Å². The lowest BCUT2D eigenvalue weighted by molar-refractivity contribution is 0.0780. The number of benzene rings is 2. The summed E-state index contributed by atoms with van der Waals surface area (Å²) in [5.41, 5.74) is 3.98. The molecule has 0 fully saturated rings. The number of hydrogen-bond donors (Lipinski definition) is 0. The lowest BCUT2D eigenvalue weighted by Gasteiger charge is -2.21. The van der Waals surface area contributed by atoms with Crippen LogP contribution < -0.4 is 14.2 Å². The van der Waals surface area contributed by atoms with Crippen LogP contribution >= 0.6 is 0 Å². The van der Waals surface area contributed by atoms with E-state index in [2.05, 4.69) is 6.07 Å². The molecule has 2 aliphatic rings. The van der Waals surface area contributed by atoms with Crippen LogP contribution in [0.5, 0.6) is 17.2 Å². The number of para-hydroxylation sites is 1. The summed E-state index contributed by atoms with van der Waals surface area (Å²) in [4.78, 5) is 14.6. The van der Waals surface area contributed by atoms with E-state index < -0.39 is 0 Å². The molecule has 0 aromatic heterocycles. The second-order valence-electron chi connectivity index (χ2n) is 6.38. The van der Waals surface area contributed by atoms with Crippen LogP contribution in [0.2, 0.25) is 0 Å². The smallest absolute Gasteiger partial charge is 0.257 e. The Morgan fingerprint density at radius 3 is 2.84 bits per heavy atom. The van der Waals surface area contributed by atoms with Gasteiger partial charge in [-0.15, -0.1) is 0 Å². The van der Waals surface area contributed by atoms with Crippen molar-refractivity contribution in [1.82, 2.24) is 4.90 Å². The molecule has 25 heavy (non-hydrogen) atoms. The monoisotopic (exact) mass is 339 g/mol. The first-order valence-electron chi connectivity index (χ1n) is 8.50. The third-order valence-electron chi connectivity index (χ3n) is 4.84. The van der Waals surface area contributed by atoms with E-state index in [1.807, 2.05) is 19.2 Å². The Labute approximate surface area is 147 Å². The fourth-order valence-electron chi connectivity index (χ4n) is 3.59. The molecule has 2 aromatic carbocycles. The van der Waals surface area contributed by atoms with Gasteiger partial charge in [0.15, 0.2) is 0 Å². The molecule has 0 bridgehead atoms. The number of ether oxygens (including phenoxy) is 3. The standard InChI is InChI=1S/C20H21NO4/c1-21(20(22)15-5-3-4-6-17(15)23-2)12-16-14-8-10-24-18(14)11-13-7-9-25-19(13)16/h3-6,11H,7-10,12H2,1-2H3. The van der Waals surface area contributed by atoms with Gasteiger partial charge in [-0.05, 0) is 18.2 Å². The molecule has 5 nitrogen and oxygen atoms in total. The van der Waals surface area contributed by atoms with E-state index in [1.165, 1.54) is 11.1 Å². The molecule has 5 heteroatoms. The van der Waals surface area contributed by atoms with Crippen molar-refractivity contribution in [3.63, 3.8) is 0 Å². The second-order valence-corrected chi connectivity index (χ2v) is 6.38. The highest BCUT2D eigenvalue weighted by molar-refractivity contribution is 5.96. The maximum atomic E-state index is 12.9. The van der Waals surface area contributed by atoms with Gasteiger partial charge in [0.25, 0.3) is 5.91 Å². The SMILES string of the molecule is COc1ccccc1C(=O)N(C)Cc1c2c(cc3c1OCC3)OCC2. The summed E-state index contributed by atoms with van der Waals surface area (Å²) in [7, 11) is 3.39. The minimum atomic E-state index is -0.0688. The van der Waals surface area contributed by atoms with Crippen LogP contribution in [0.15, 0.2) is 30.3 Å². The molecule has 130 valence electrons. The van der Waals surface area contributed by atoms with E-state index in [9.17, 15) is 4.79 Å². The predicted octanol–water partition coefficient (Wildman–Crippen LogP) is 2.84. The molecule has 1 amide bonds. The molecule has 0 saturated heterocycles. The van der Waals surface area contributed by atoms with E-state index in [4.69, 9.17) is 14.2 Å². The molecule has 0 radical (unpaired) electrons. The molecule has 4 rings (SSSR count). The van der Waals surface area contributed by atoms with Gasteiger partial charge in [-0.2, -0.15) is 0 Å². The zero-order chi connectivity index (χ0) is 17.4. The second kappa shape index (κ2) is 6.31. The van der Waals surface area contributed by atoms with Gasteiger partial charge in [-0.25, -0.2) is 0 Å². The number of carbonyl (C=O) groups excluding carboxylic acids is 1. The number of carbonyl (C=O) groups is 1. The zero-order valence-corrected chi connectivity index (χ0v) is 14.5. The number of rotatable bonds is 4. The summed E-state index contributed by atoms with van der Waals surface area (Å²) in [5, 5.41) is 0. The van der Waals surface area contributed by atoms with Crippen LogP contribution in [0, 0.1) is 0 Å². The van der Waals surface area contributed by atoms with Crippen molar-refractivity contribution < 1.29 is 19.0 Å². The number of fused-ring (bicyclic) bond motifs is 2. The molecular formula is C20H21NO4. The average molecular weight is 339 g/mol. The quantitative estimate of drug-likeness (QED) is 0.859. The van der Waals surface area contributed by atoms with Crippen molar-refractivity contribution in [2.75, 3.05) is 27.4 Å². The molecule has 0 aliphatic carbocycles. The summed E-state index contributed by atoms with van der Waals surface area (Å²) in [5.74, 6) is 2.39. The summed E-state index contributed by atoms with van der Waals surface area (Å²) < 4.78 is 16.9. The van der Waals surface area contributed by atoms with E-state index in [1.54, 1.807) is 24.1 Å². The lowest BCUT2D eigenvalue weighted by Crippen LogP contribution is -2.27. The Morgan fingerprint density at radius 2 is 2.00 bits per heavy atom. The van der Waals surface area contributed by atoms with Crippen molar-refractivity contribution in [3.8, 4) is 17.2 Å². The maximum Gasteiger partial charge on any atom is 0.257 e. The van der Waals surface area contributed by atoms with Crippen molar-refractivity contribution >= 4 is 5.91 Å². The number of methoxy groups -OCH3 is 1. The minimum Gasteiger partial charge on any atom is -0.496 e. The number of amides is 1. The van der Waals surface area contributed by atoms with Crippen LogP contribution in [0.25, 0.3) is 0 Å². The Kier molecular flexibility index (Phi) is 3.99. The molecule has 0 N–H and O–H groups in total. The molecule has 2 aliphatic heterocycles. The third kappa shape index (κ3) is 2.69.